The number of rotatable bonds is 2. The van der Waals surface area contributed by atoms with Gasteiger partial charge in [0.2, 0.25) is 4.67 Å². The second-order valence-electron chi connectivity index (χ2n) is 1.74. The van der Waals surface area contributed by atoms with Crippen LogP contribution in [-0.2, 0) is 4.74 Å². The zero-order valence-corrected chi connectivity index (χ0v) is 7.42. The molecule has 1 aromatic rings. The lowest BCUT2D eigenvalue weighted by Gasteiger charge is -1.93. The molecule has 0 unspecified atom stereocenters. The maximum absolute atomic E-state index is 10.9. The van der Waals surface area contributed by atoms with Crippen LogP contribution in [0, 0.1) is 0 Å². The Bertz CT molecular complexity index is 258. The molecule has 0 aromatic carbocycles. The summed E-state index contributed by atoms with van der Waals surface area (Å²) in [7, 11) is 0. The highest BCUT2D eigenvalue weighted by Gasteiger charge is 2.11. The van der Waals surface area contributed by atoms with Gasteiger partial charge in [-0.2, -0.15) is 0 Å². The molecule has 60 valence electrons. The number of hydrogen-bond donors (Lipinski definition) is 0. The molecule has 4 nitrogen and oxygen atoms in total. The fourth-order valence-electron chi connectivity index (χ4n) is 0.554. The molecule has 0 bridgehead atoms. The summed E-state index contributed by atoms with van der Waals surface area (Å²) in [4.78, 5) is 10.9. The minimum absolute atomic E-state index is 0.179. The normalized spacial score (nSPS) is 9.64. The molecule has 0 atom stereocenters. The van der Waals surface area contributed by atoms with Crippen molar-refractivity contribution in [1.29, 1.82) is 0 Å². The Labute approximate surface area is 71.6 Å². The van der Waals surface area contributed by atoms with Crippen LogP contribution in [-0.4, -0.2) is 17.7 Å². The Morgan fingerprint density at radius 3 is 3.09 bits per heavy atom. The van der Waals surface area contributed by atoms with E-state index < -0.39 is 5.97 Å². The van der Waals surface area contributed by atoms with Crippen molar-refractivity contribution in [3.63, 3.8) is 0 Å². The molecule has 0 spiro atoms. The Kier molecular flexibility index (Phi) is 2.64. The van der Waals surface area contributed by atoms with E-state index in [0.29, 0.717) is 11.3 Å². The maximum atomic E-state index is 10.9. The van der Waals surface area contributed by atoms with E-state index in [2.05, 4.69) is 30.3 Å². The van der Waals surface area contributed by atoms with E-state index in [1.165, 1.54) is 6.07 Å². The molecule has 0 aliphatic heterocycles. The number of aromatic nitrogens is 1. The van der Waals surface area contributed by atoms with Gasteiger partial charge in [-0.1, -0.05) is 5.16 Å². The molecular formula is C6H6BrNO3. The van der Waals surface area contributed by atoms with Crippen molar-refractivity contribution < 1.29 is 14.1 Å². The first kappa shape index (κ1) is 8.26. The SMILES string of the molecule is CCOC(=O)c1cc(Br)on1. The quantitative estimate of drug-likeness (QED) is 0.710. The predicted octanol–water partition coefficient (Wildman–Crippen LogP) is 1.61. The molecule has 1 rings (SSSR count). The highest BCUT2D eigenvalue weighted by atomic mass is 79.9. The Morgan fingerprint density at radius 2 is 2.64 bits per heavy atom. The van der Waals surface area contributed by atoms with Gasteiger partial charge in [-0.15, -0.1) is 0 Å². The lowest BCUT2D eigenvalue weighted by molar-refractivity contribution is 0.0514. The first-order chi connectivity index (χ1) is 5.24. The van der Waals surface area contributed by atoms with Gasteiger partial charge in [-0.25, -0.2) is 4.79 Å². The van der Waals surface area contributed by atoms with Crippen LogP contribution in [0.5, 0.6) is 0 Å². The number of esters is 1. The van der Waals surface area contributed by atoms with Crippen molar-refractivity contribution in [2.75, 3.05) is 6.61 Å². The van der Waals surface area contributed by atoms with Crippen LogP contribution in [0.15, 0.2) is 15.3 Å². The van der Waals surface area contributed by atoms with E-state index in [1.807, 2.05) is 0 Å². The summed E-state index contributed by atoms with van der Waals surface area (Å²) in [6.07, 6.45) is 0. The van der Waals surface area contributed by atoms with Crippen LogP contribution in [0.4, 0.5) is 0 Å². The van der Waals surface area contributed by atoms with Crippen molar-refractivity contribution in [1.82, 2.24) is 5.16 Å². The third-order valence-electron chi connectivity index (χ3n) is 0.966. The Hall–Kier alpha value is -0.840. The fourth-order valence-corrected chi connectivity index (χ4v) is 0.843. The second-order valence-corrected chi connectivity index (χ2v) is 2.52. The van der Waals surface area contributed by atoms with Gasteiger partial charge in [0.05, 0.1) is 6.61 Å². The van der Waals surface area contributed by atoms with Crippen molar-refractivity contribution in [3.05, 3.63) is 16.4 Å². The molecule has 1 aromatic heterocycles. The highest BCUT2D eigenvalue weighted by molar-refractivity contribution is 9.10. The molecule has 1 heterocycles. The van der Waals surface area contributed by atoms with Gasteiger partial charge in [0.15, 0.2) is 5.69 Å². The van der Waals surface area contributed by atoms with E-state index in [-0.39, 0.29) is 5.69 Å². The van der Waals surface area contributed by atoms with E-state index in [9.17, 15) is 4.79 Å². The van der Waals surface area contributed by atoms with E-state index >= 15 is 0 Å². The van der Waals surface area contributed by atoms with Crippen molar-refractivity contribution in [3.8, 4) is 0 Å². The average Bonchev–Trinajstić information content (AvgIpc) is 2.36. The molecule has 0 saturated heterocycles. The molecule has 5 heteroatoms. The van der Waals surface area contributed by atoms with E-state index in [1.54, 1.807) is 6.92 Å². The smallest absolute Gasteiger partial charge is 0.360 e. The van der Waals surface area contributed by atoms with Gasteiger partial charge < -0.3 is 9.26 Å². The largest absolute Gasteiger partial charge is 0.461 e. The number of hydrogen-bond acceptors (Lipinski definition) is 4. The number of ether oxygens (including phenoxy) is 1. The summed E-state index contributed by atoms with van der Waals surface area (Å²) in [5.41, 5.74) is 0.179. The molecule has 0 aliphatic carbocycles. The monoisotopic (exact) mass is 219 g/mol. The lowest BCUT2D eigenvalue weighted by Crippen LogP contribution is -2.04. The van der Waals surface area contributed by atoms with Gasteiger partial charge in [0, 0.05) is 6.07 Å². The van der Waals surface area contributed by atoms with E-state index in [4.69, 9.17) is 0 Å². The number of nitrogens with zero attached hydrogens (tertiary/aromatic N) is 1. The van der Waals surface area contributed by atoms with Gasteiger partial charge >= 0.3 is 5.97 Å². The van der Waals surface area contributed by atoms with Crippen LogP contribution >= 0.6 is 15.9 Å². The van der Waals surface area contributed by atoms with Crippen LogP contribution < -0.4 is 0 Å². The predicted molar refractivity (Wildman–Crippen MR) is 40.2 cm³/mol. The zero-order valence-electron chi connectivity index (χ0n) is 5.83. The molecule has 0 amide bonds. The molecular weight excluding hydrogens is 214 g/mol. The fraction of sp³-hybridized carbons (Fsp3) is 0.333. The van der Waals surface area contributed by atoms with Gasteiger partial charge in [0.25, 0.3) is 0 Å². The second kappa shape index (κ2) is 3.52. The summed E-state index contributed by atoms with van der Waals surface area (Å²) in [5.74, 6) is -0.470. The highest BCUT2D eigenvalue weighted by Crippen LogP contribution is 2.10. The van der Waals surface area contributed by atoms with Crippen LogP contribution in [0.1, 0.15) is 17.4 Å². The summed E-state index contributed by atoms with van der Waals surface area (Å²) in [6.45, 7) is 2.07. The molecule has 0 radical (unpaired) electrons. The first-order valence-corrected chi connectivity index (χ1v) is 3.82. The molecule has 0 fully saturated rings. The third-order valence-corrected chi connectivity index (χ3v) is 1.34. The van der Waals surface area contributed by atoms with Crippen molar-refractivity contribution in [2.45, 2.75) is 6.92 Å². The van der Waals surface area contributed by atoms with Gasteiger partial charge in [-0.05, 0) is 22.9 Å². The first-order valence-electron chi connectivity index (χ1n) is 3.03. The summed E-state index contributed by atoms with van der Waals surface area (Å²) >= 11 is 3.01. The minimum Gasteiger partial charge on any atom is -0.461 e. The zero-order chi connectivity index (χ0) is 8.27. The van der Waals surface area contributed by atoms with Gasteiger partial charge in [0.1, 0.15) is 0 Å². The number of carbonyl (C=O) groups is 1. The number of carbonyl (C=O) groups excluding carboxylic acids is 1. The minimum atomic E-state index is -0.470. The summed E-state index contributed by atoms with van der Waals surface area (Å²) < 4.78 is 9.67. The van der Waals surface area contributed by atoms with Crippen LogP contribution in [0.25, 0.3) is 0 Å². The third kappa shape index (κ3) is 2.04. The summed E-state index contributed by atoms with van der Waals surface area (Å²) in [5, 5.41) is 3.44. The van der Waals surface area contributed by atoms with Gasteiger partial charge in [-0.3, -0.25) is 0 Å². The summed E-state index contributed by atoms with van der Waals surface area (Å²) in [6, 6.07) is 1.46. The van der Waals surface area contributed by atoms with Crippen LogP contribution in [0.2, 0.25) is 0 Å². The number of halogens is 1. The van der Waals surface area contributed by atoms with Crippen molar-refractivity contribution >= 4 is 21.9 Å². The lowest BCUT2D eigenvalue weighted by atomic mass is 10.4. The maximum Gasteiger partial charge on any atom is 0.360 e. The Balaban J connectivity index is 2.69. The van der Waals surface area contributed by atoms with Crippen LogP contribution in [0.3, 0.4) is 0 Å². The topological polar surface area (TPSA) is 52.3 Å². The molecule has 11 heavy (non-hydrogen) atoms. The van der Waals surface area contributed by atoms with E-state index in [0.717, 1.165) is 0 Å². The molecule has 0 N–H and O–H groups in total. The molecule has 0 saturated carbocycles. The molecule has 0 aliphatic rings. The van der Waals surface area contributed by atoms with Crippen molar-refractivity contribution in [2.24, 2.45) is 0 Å². The standard InChI is InChI=1S/C6H6BrNO3/c1-2-10-6(9)4-3-5(7)11-8-4/h3H,2H2,1H3. The Morgan fingerprint density at radius 1 is 1.91 bits per heavy atom. The average molecular weight is 220 g/mol.